The number of nitrogens with zero attached hydrogens (tertiary/aromatic N) is 2. The minimum Gasteiger partial charge on any atom is -0.306 e. The van der Waals surface area contributed by atoms with Gasteiger partial charge in [0.2, 0.25) is 10.0 Å². The predicted octanol–water partition coefficient (Wildman–Crippen LogP) is 1.83. The van der Waals surface area contributed by atoms with E-state index in [0.717, 1.165) is 31.7 Å². The Bertz CT molecular complexity index is 665. The number of nitrogens with two attached hydrogens (primary N) is 1. The summed E-state index contributed by atoms with van der Waals surface area (Å²) in [5, 5.41) is 16.3. The van der Waals surface area contributed by atoms with Gasteiger partial charge in [0.15, 0.2) is 0 Å². The van der Waals surface area contributed by atoms with Crippen LogP contribution in [0.1, 0.15) is 37.2 Å². The Morgan fingerprint density at radius 2 is 1.82 bits per heavy atom. The van der Waals surface area contributed by atoms with Gasteiger partial charge < -0.3 is 4.90 Å². The Labute approximate surface area is 130 Å². The molecule has 0 heterocycles. The summed E-state index contributed by atoms with van der Waals surface area (Å²) in [6.07, 6.45) is 3.67. The minimum atomic E-state index is -3.94. The Morgan fingerprint density at radius 1 is 1.23 bits per heavy atom. The maximum atomic E-state index is 11.4. The van der Waals surface area contributed by atoms with E-state index in [4.69, 9.17) is 5.14 Å². The lowest BCUT2D eigenvalue weighted by Gasteiger charge is -2.32. The summed E-state index contributed by atoms with van der Waals surface area (Å²) in [6.45, 7) is 0. The quantitative estimate of drug-likeness (QED) is 0.670. The van der Waals surface area contributed by atoms with Crippen LogP contribution in [0.15, 0.2) is 23.1 Å². The van der Waals surface area contributed by atoms with E-state index in [2.05, 4.69) is 4.90 Å². The zero-order valence-electron chi connectivity index (χ0n) is 12.7. The monoisotopic (exact) mass is 327 g/mol. The first-order valence-corrected chi connectivity index (χ1v) is 8.72. The Kier molecular flexibility index (Phi) is 4.84. The van der Waals surface area contributed by atoms with E-state index in [0.29, 0.717) is 11.6 Å². The van der Waals surface area contributed by atoms with Crippen LogP contribution in [0.25, 0.3) is 0 Å². The van der Waals surface area contributed by atoms with Crippen LogP contribution in [-0.4, -0.2) is 38.4 Å². The minimum absolute atomic E-state index is 0.0890. The van der Waals surface area contributed by atoms with Crippen molar-refractivity contribution in [2.24, 2.45) is 5.14 Å². The van der Waals surface area contributed by atoms with E-state index in [1.165, 1.54) is 6.07 Å². The van der Waals surface area contributed by atoms with Gasteiger partial charge in [0.25, 0.3) is 5.69 Å². The van der Waals surface area contributed by atoms with Crippen molar-refractivity contribution in [3.8, 4) is 0 Å². The molecule has 1 aliphatic rings. The molecular weight excluding hydrogens is 306 g/mol. The number of rotatable bonds is 4. The predicted molar refractivity (Wildman–Crippen MR) is 83.2 cm³/mol. The van der Waals surface area contributed by atoms with Crippen LogP contribution in [-0.2, 0) is 10.0 Å². The van der Waals surface area contributed by atoms with Gasteiger partial charge >= 0.3 is 0 Å². The van der Waals surface area contributed by atoms with Crippen LogP contribution in [0.5, 0.6) is 0 Å². The molecule has 1 saturated carbocycles. The van der Waals surface area contributed by atoms with Crippen LogP contribution >= 0.6 is 0 Å². The molecule has 122 valence electrons. The molecule has 8 heteroatoms. The lowest BCUT2D eigenvalue weighted by Crippen LogP contribution is -2.31. The van der Waals surface area contributed by atoms with Gasteiger partial charge in [-0.2, -0.15) is 0 Å². The SMILES string of the molecule is CN(C)C1CCC(c2ccc(S(N)(=O)=O)cc2[N+](=O)[O-])CC1. The number of sulfonamides is 1. The van der Waals surface area contributed by atoms with Crippen molar-refractivity contribution in [2.45, 2.75) is 42.5 Å². The van der Waals surface area contributed by atoms with Gasteiger partial charge in [0, 0.05) is 17.7 Å². The Hall–Kier alpha value is -1.51. The molecular formula is C14H21N3O4S. The molecule has 2 rings (SSSR count). The number of hydrogen-bond acceptors (Lipinski definition) is 5. The molecule has 1 aliphatic carbocycles. The number of nitro benzene ring substituents is 1. The van der Waals surface area contributed by atoms with Gasteiger partial charge in [0.05, 0.1) is 9.82 Å². The highest BCUT2D eigenvalue weighted by Gasteiger charge is 2.29. The molecule has 0 spiro atoms. The normalized spacial score (nSPS) is 22.7. The maximum absolute atomic E-state index is 11.4. The molecule has 0 aliphatic heterocycles. The van der Waals surface area contributed by atoms with Crippen molar-refractivity contribution in [2.75, 3.05) is 14.1 Å². The first-order chi connectivity index (χ1) is 10.2. The lowest BCUT2D eigenvalue weighted by molar-refractivity contribution is -0.386. The molecule has 7 nitrogen and oxygen atoms in total. The molecule has 1 aromatic carbocycles. The number of nitro groups is 1. The number of primary sulfonamides is 1. The molecule has 0 radical (unpaired) electrons. The second-order valence-corrected chi connectivity index (χ2v) is 7.55. The fraction of sp³-hybridized carbons (Fsp3) is 0.571. The van der Waals surface area contributed by atoms with Gasteiger partial charge in [-0.05, 0) is 51.8 Å². The van der Waals surface area contributed by atoms with Crippen LogP contribution in [0.2, 0.25) is 0 Å². The number of benzene rings is 1. The summed E-state index contributed by atoms with van der Waals surface area (Å²) in [5.41, 5.74) is 0.453. The van der Waals surface area contributed by atoms with Crippen molar-refractivity contribution in [1.29, 1.82) is 0 Å². The average Bonchev–Trinajstić information content (AvgIpc) is 2.45. The molecule has 1 aromatic rings. The van der Waals surface area contributed by atoms with E-state index in [1.54, 1.807) is 6.07 Å². The second-order valence-electron chi connectivity index (χ2n) is 5.99. The molecule has 0 bridgehead atoms. The average molecular weight is 327 g/mol. The second kappa shape index (κ2) is 6.31. The lowest BCUT2D eigenvalue weighted by atomic mass is 9.81. The van der Waals surface area contributed by atoms with Gasteiger partial charge in [-0.25, -0.2) is 13.6 Å². The maximum Gasteiger partial charge on any atom is 0.274 e. The van der Waals surface area contributed by atoms with Crippen LogP contribution in [0, 0.1) is 10.1 Å². The molecule has 0 atom stereocenters. The molecule has 0 saturated heterocycles. The van der Waals surface area contributed by atoms with Gasteiger partial charge in [-0.15, -0.1) is 0 Å². The zero-order valence-corrected chi connectivity index (χ0v) is 13.5. The Balaban J connectivity index is 2.30. The highest BCUT2D eigenvalue weighted by atomic mass is 32.2. The largest absolute Gasteiger partial charge is 0.306 e. The van der Waals surface area contributed by atoms with Gasteiger partial charge in [-0.1, -0.05) is 6.07 Å². The molecule has 1 fully saturated rings. The molecule has 0 unspecified atom stereocenters. The first-order valence-electron chi connectivity index (χ1n) is 7.17. The standard InChI is InChI=1S/C14H21N3O4S/c1-16(2)11-5-3-10(4-6-11)13-8-7-12(22(15,20)21)9-14(13)17(18)19/h7-11H,3-6H2,1-2H3,(H2,15,20,21). The third-order valence-electron chi connectivity index (χ3n) is 4.39. The van der Waals surface area contributed by atoms with E-state index < -0.39 is 14.9 Å². The molecule has 0 amide bonds. The highest BCUT2D eigenvalue weighted by molar-refractivity contribution is 7.89. The smallest absolute Gasteiger partial charge is 0.274 e. The third-order valence-corrected chi connectivity index (χ3v) is 5.30. The fourth-order valence-electron chi connectivity index (χ4n) is 3.11. The number of hydrogen-bond donors (Lipinski definition) is 1. The van der Waals surface area contributed by atoms with Gasteiger partial charge in [0.1, 0.15) is 0 Å². The molecule has 0 aromatic heterocycles. The topological polar surface area (TPSA) is 107 Å². The summed E-state index contributed by atoms with van der Waals surface area (Å²) in [4.78, 5) is 12.7. The summed E-state index contributed by atoms with van der Waals surface area (Å²) in [5.74, 6) is 0.0890. The van der Waals surface area contributed by atoms with E-state index in [9.17, 15) is 18.5 Å². The highest BCUT2D eigenvalue weighted by Crippen LogP contribution is 2.39. The van der Waals surface area contributed by atoms with Crippen LogP contribution in [0.4, 0.5) is 5.69 Å². The van der Waals surface area contributed by atoms with Crippen LogP contribution < -0.4 is 5.14 Å². The summed E-state index contributed by atoms with van der Waals surface area (Å²) >= 11 is 0. The molecule has 22 heavy (non-hydrogen) atoms. The zero-order chi connectivity index (χ0) is 16.5. The van der Waals surface area contributed by atoms with E-state index >= 15 is 0 Å². The van der Waals surface area contributed by atoms with Crippen molar-refractivity contribution < 1.29 is 13.3 Å². The van der Waals surface area contributed by atoms with Crippen molar-refractivity contribution >= 4 is 15.7 Å². The third kappa shape index (κ3) is 3.63. The summed E-state index contributed by atoms with van der Waals surface area (Å²) in [7, 11) is 0.135. The van der Waals surface area contributed by atoms with E-state index in [1.807, 2.05) is 14.1 Å². The van der Waals surface area contributed by atoms with E-state index in [-0.39, 0.29) is 16.5 Å². The summed E-state index contributed by atoms with van der Waals surface area (Å²) < 4.78 is 22.7. The van der Waals surface area contributed by atoms with Crippen molar-refractivity contribution in [3.63, 3.8) is 0 Å². The summed E-state index contributed by atoms with van der Waals surface area (Å²) in [6, 6.07) is 4.47. The van der Waals surface area contributed by atoms with Gasteiger partial charge in [-0.3, -0.25) is 10.1 Å². The van der Waals surface area contributed by atoms with Crippen molar-refractivity contribution in [3.05, 3.63) is 33.9 Å². The first kappa shape index (κ1) is 16.9. The van der Waals surface area contributed by atoms with Crippen molar-refractivity contribution in [1.82, 2.24) is 4.90 Å². The fourth-order valence-corrected chi connectivity index (χ4v) is 3.64. The molecule has 2 N–H and O–H groups in total. The van der Waals surface area contributed by atoms with Crippen LogP contribution in [0.3, 0.4) is 0 Å². The Morgan fingerprint density at radius 3 is 2.27 bits per heavy atom.